The number of alkyl halides is 3. The average molecular weight is 1080 g/mol. The van der Waals surface area contributed by atoms with Crippen molar-refractivity contribution in [3.05, 3.63) is 63.4 Å². The Hall–Kier alpha value is 1.63. The van der Waals surface area contributed by atoms with E-state index >= 15 is 0 Å². The molecular formula is C20H9F3I6O. The number of benzene rings is 3. The number of hydrogen-bond donors (Lipinski definition) is 0. The predicted molar refractivity (Wildman–Crippen MR) is 165 cm³/mol. The highest BCUT2D eigenvalue weighted by Crippen LogP contribution is 2.42. The van der Waals surface area contributed by atoms with Gasteiger partial charge in [0.05, 0.1) is 3.57 Å². The molecule has 0 aliphatic carbocycles. The van der Waals surface area contributed by atoms with Gasteiger partial charge in [-0.05, 0) is 189 Å². The molecule has 0 saturated carbocycles. The molecule has 0 fully saturated rings. The lowest BCUT2D eigenvalue weighted by atomic mass is 9.99. The molecule has 3 aromatic carbocycles. The van der Waals surface area contributed by atoms with Crippen LogP contribution in [-0.4, -0.2) is 6.36 Å². The van der Waals surface area contributed by atoms with Gasteiger partial charge < -0.3 is 4.74 Å². The first-order valence-corrected chi connectivity index (χ1v) is 14.6. The average Bonchev–Trinajstić information content (AvgIpc) is 2.62. The number of aryl methyl sites for hydroxylation is 1. The minimum atomic E-state index is -4.71. The largest absolute Gasteiger partial charge is 0.573 e. The van der Waals surface area contributed by atoms with Crippen LogP contribution in [0.15, 0.2) is 36.4 Å². The lowest BCUT2D eigenvalue weighted by molar-refractivity contribution is -0.275. The molecule has 0 heterocycles. The fraction of sp³-hybridized carbons (Fsp3) is 0.100. The molecule has 1 nitrogen and oxygen atoms in total. The third kappa shape index (κ3) is 5.81. The van der Waals surface area contributed by atoms with Crippen LogP contribution in [0.4, 0.5) is 13.2 Å². The lowest BCUT2D eigenvalue weighted by Gasteiger charge is -2.17. The Balaban J connectivity index is 2.13. The fourth-order valence-corrected chi connectivity index (χ4v) is 8.33. The zero-order valence-electron chi connectivity index (χ0n) is 14.8. The van der Waals surface area contributed by atoms with Crippen LogP contribution in [0.1, 0.15) is 5.56 Å². The highest BCUT2D eigenvalue weighted by atomic mass is 127. The second kappa shape index (κ2) is 10.5. The van der Waals surface area contributed by atoms with Crippen LogP contribution < -0.4 is 4.74 Å². The SMILES string of the molecule is Cc1cc(I)c(-c2ccc(-c3ccc(OC(F)(F)F)c(I)c3I)c(I)c2I)c(I)c1. The minimum absolute atomic E-state index is 0.179. The van der Waals surface area contributed by atoms with E-state index in [-0.39, 0.29) is 5.75 Å². The van der Waals surface area contributed by atoms with Crippen LogP contribution in [0, 0.1) is 28.3 Å². The molecule has 3 aromatic rings. The van der Waals surface area contributed by atoms with Gasteiger partial charge in [-0.2, -0.15) is 0 Å². The summed E-state index contributed by atoms with van der Waals surface area (Å²) >= 11 is 13.4. The molecule has 0 spiro atoms. The quantitative estimate of drug-likeness (QED) is 0.238. The summed E-state index contributed by atoms with van der Waals surface area (Å²) < 4.78 is 47.9. The molecule has 30 heavy (non-hydrogen) atoms. The Morgan fingerprint density at radius 1 is 0.667 bits per heavy atom. The van der Waals surface area contributed by atoms with E-state index in [9.17, 15) is 13.2 Å². The number of rotatable bonds is 3. The molecule has 0 aromatic heterocycles. The van der Waals surface area contributed by atoms with Gasteiger partial charge >= 0.3 is 6.36 Å². The van der Waals surface area contributed by atoms with E-state index in [2.05, 4.69) is 143 Å². The predicted octanol–water partition coefficient (Wildman–Crippen LogP) is 9.86. The third-order valence-electron chi connectivity index (χ3n) is 4.10. The second-order valence-electron chi connectivity index (χ2n) is 6.18. The van der Waals surface area contributed by atoms with Gasteiger partial charge in [0.1, 0.15) is 5.75 Å². The Labute approximate surface area is 253 Å². The Bertz CT molecular complexity index is 1120. The van der Waals surface area contributed by atoms with Crippen LogP contribution >= 0.6 is 136 Å². The summed E-state index contributed by atoms with van der Waals surface area (Å²) in [7, 11) is 0. The Morgan fingerprint density at radius 2 is 1.10 bits per heavy atom. The Morgan fingerprint density at radius 3 is 1.63 bits per heavy atom. The molecular weight excluding hydrogens is 1070 g/mol. The molecule has 0 atom stereocenters. The summed E-state index contributed by atoms with van der Waals surface area (Å²) in [5.41, 5.74) is 5.45. The van der Waals surface area contributed by atoms with Crippen molar-refractivity contribution in [2.45, 2.75) is 13.3 Å². The molecule has 0 saturated heterocycles. The van der Waals surface area contributed by atoms with E-state index in [1.165, 1.54) is 24.3 Å². The summed E-state index contributed by atoms with van der Waals surface area (Å²) in [5.74, 6) is -0.179. The number of halogens is 9. The molecule has 0 unspecified atom stereocenters. The fourth-order valence-electron chi connectivity index (χ4n) is 2.85. The molecule has 0 radical (unpaired) electrons. The van der Waals surface area contributed by atoms with Gasteiger partial charge in [0.25, 0.3) is 0 Å². The molecule has 0 N–H and O–H groups in total. The van der Waals surface area contributed by atoms with E-state index in [0.717, 1.165) is 27.4 Å². The van der Waals surface area contributed by atoms with Crippen molar-refractivity contribution >= 4 is 136 Å². The Kier molecular flexibility index (Phi) is 9.18. The summed E-state index contributed by atoms with van der Waals surface area (Å²) in [4.78, 5) is 0. The van der Waals surface area contributed by atoms with E-state index in [0.29, 0.717) is 3.57 Å². The number of ether oxygens (including phenoxy) is 1. The normalized spacial score (nSPS) is 11.7. The molecule has 158 valence electrons. The van der Waals surface area contributed by atoms with Crippen LogP contribution in [0.3, 0.4) is 0 Å². The van der Waals surface area contributed by atoms with Crippen LogP contribution in [-0.2, 0) is 0 Å². The van der Waals surface area contributed by atoms with Gasteiger partial charge in [-0.3, -0.25) is 0 Å². The molecule has 3 rings (SSSR count). The van der Waals surface area contributed by atoms with Gasteiger partial charge in [0, 0.05) is 23.4 Å². The maximum Gasteiger partial charge on any atom is 0.573 e. The maximum atomic E-state index is 12.7. The van der Waals surface area contributed by atoms with Crippen molar-refractivity contribution in [3.63, 3.8) is 0 Å². The lowest BCUT2D eigenvalue weighted by Crippen LogP contribution is -2.18. The third-order valence-corrected chi connectivity index (χ3v) is 12.3. The highest BCUT2D eigenvalue weighted by Gasteiger charge is 2.32. The van der Waals surface area contributed by atoms with Crippen molar-refractivity contribution in [2.75, 3.05) is 0 Å². The summed E-state index contributed by atoms with van der Waals surface area (Å²) in [6.07, 6.45) is -4.71. The van der Waals surface area contributed by atoms with Crippen LogP contribution in [0.5, 0.6) is 5.75 Å². The second-order valence-corrected chi connectivity index (χ2v) is 12.8. The number of hydrogen-bond acceptors (Lipinski definition) is 1. The van der Waals surface area contributed by atoms with Gasteiger partial charge in [-0.15, -0.1) is 13.2 Å². The molecule has 0 aliphatic rings. The summed E-state index contributed by atoms with van der Waals surface area (Å²) in [5, 5.41) is 0. The first-order chi connectivity index (χ1) is 13.9. The van der Waals surface area contributed by atoms with Gasteiger partial charge in [0.15, 0.2) is 0 Å². The summed E-state index contributed by atoms with van der Waals surface area (Å²) in [6.45, 7) is 2.08. The maximum absolute atomic E-state index is 12.7. The monoisotopic (exact) mass is 1080 g/mol. The van der Waals surface area contributed by atoms with E-state index in [1.54, 1.807) is 6.07 Å². The van der Waals surface area contributed by atoms with Crippen molar-refractivity contribution in [1.82, 2.24) is 0 Å². The zero-order chi connectivity index (χ0) is 22.4. The molecule has 0 bridgehead atoms. The topological polar surface area (TPSA) is 9.23 Å². The van der Waals surface area contributed by atoms with Crippen molar-refractivity contribution in [2.24, 2.45) is 0 Å². The molecule has 0 aliphatic heterocycles. The van der Waals surface area contributed by atoms with Crippen LogP contribution in [0.25, 0.3) is 22.3 Å². The smallest absolute Gasteiger partial charge is 0.405 e. The van der Waals surface area contributed by atoms with Crippen molar-refractivity contribution in [3.8, 4) is 28.0 Å². The first-order valence-electron chi connectivity index (χ1n) is 8.09. The zero-order valence-corrected chi connectivity index (χ0v) is 27.7. The van der Waals surface area contributed by atoms with Crippen molar-refractivity contribution in [1.29, 1.82) is 0 Å². The van der Waals surface area contributed by atoms with Gasteiger partial charge in [0.2, 0.25) is 0 Å². The summed E-state index contributed by atoms with van der Waals surface area (Å²) in [6, 6.07) is 11.5. The van der Waals surface area contributed by atoms with E-state index < -0.39 is 6.36 Å². The first kappa shape index (κ1) is 26.2. The minimum Gasteiger partial charge on any atom is -0.405 e. The van der Waals surface area contributed by atoms with Gasteiger partial charge in [-0.25, -0.2) is 0 Å². The van der Waals surface area contributed by atoms with Gasteiger partial charge in [-0.1, -0.05) is 12.1 Å². The molecule has 0 amide bonds. The molecule has 10 heteroatoms. The van der Waals surface area contributed by atoms with E-state index in [4.69, 9.17) is 0 Å². The van der Waals surface area contributed by atoms with Crippen molar-refractivity contribution < 1.29 is 17.9 Å². The van der Waals surface area contributed by atoms with Crippen LogP contribution in [0.2, 0.25) is 0 Å². The van der Waals surface area contributed by atoms with E-state index in [1.807, 2.05) is 28.7 Å². The highest BCUT2D eigenvalue weighted by molar-refractivity contribution is 14.1. The standard InChI is InChI=1S/C20H9F3I6O/c1-8-6-12(24)15(13(25)7-8)11-3-2-9(16(26)18(11)28)10-4-5-14(19(29)17(10)27)30-20(21,22)23/h2-7H,1H3.